The largest absolute Gasteiger partial charge is 0.416 e. The van der Waals surface area contributed by atoms with Gasteiger partial charge in [0.2, 0.25) is 0 Å². The summed E-state index contributed by atoms with van der Waals surface area (Å²) >= 11 is 5.55. The molecule has 32 heavy (non-hydrogen) atoms. The van der Waals surface area contributed by atoms with E-state index >= 15 is 0 Å². The molecule has 0 saturated heterocycles. The zero-order valence-electron chi connectivity index (χ0n) is 19.8. The summed E-state index contributed by atoms with van der Waals surface area (Å²) in [7, 11) is 1.95. The Morgan fingerprint density at radius 3 is 2.12 bits per heavy atom. The van der Waals surface area contributed by atoms with Crippen LogP contribution in [-0.4, -0.2) is 60.2 Å². The Morgan fingerprint density at radius 1 is 0.969 bits per heavy atom. The normalized spacial score (nSPS) is 19.3. The standard InChI is InChI=1S/C25H39F3N2OS/c1-4-30(5-2)18-8-6-7-9-19-31-23-16-14-22(15-17-23)29(3)24(32)20-10-12-21(13-11-20)25(26,27)28/h10-13,22-23H,4-9,14-19H2,1-3H3. The van der Waals surface area contributed by atoms with Crippen LogP contribution in [0.1, 0.15) is 76.3 Å². The molecule has 2 rings (SSSR count). The molecule has 0 atom stereocenters. The van der Waals surface area contributed by atoms with Crippen molar-refractivity contribution in [2.24, 2.45) is 0 Å². The van der Waals surface area contributed by atoms with Gasteiger partial charge in [-0.1, -0.05) is 51.0 Å². The van der Waals surface area contributed by atoms with Crippen molar-refractivity contribution < 1.29 is 17.9 Å². The molecule has 0 heterocycles. The monoisotopic (exact) mass is 472 g/mol. The molecule has 0 unspecified atom stereocenters. The van der Waals surface area contributed by atoms with Crippen molar-refractivity contribution in [3.8, 4) is 0 Å². The fourth-order valence-corrected chi connectivity index (χ4v) is 4.64. The Morgan fingerprint density at radius 2 is 1.56 bits per heavy atom. The van der Waals surface area contributed by atoms with E-state index in [1.165, 1.54) is 37.9 Å². The molecule has 0 amide bonds. The highest BCUT2D eigenvalue weighted by Gasteiger charge is 2.30. The Bertz CT molecular complexity index is 669. The molecule has 1 saturated carbocycles. The first-order chi connectivity index (χ1) is 15.3. The summed E-state index contributed by atoms with van der Waals surface area (Å²) in [4.78, 5) is 5.12. The highest BCUT2D eigenvalue weighted by Crippen LogP contribution is 2.30. The van der Waals surface area contributed by atoms with Gasteiger partial charge < -0.3 is 14.5 Å². The van der Waals surface area contributed by atoms with E-state index in [-0.39, 0.29) is 0 Å². The fourth-order valence-electron chi connectivity index (χ4n) is 4.35. The molecule has 0 N–H and O–H groups in total. The summed E-state index contributed by atoms with van der Waals surface area (Å²) in [5.74, 6) is 0. The number of ether oxygens (including phenoxy) is 1. The molecule has 182 valence electrons. The van der Waals surface area contributed by atoms with Crippen molar-refractivity contribution in [3.63, 3.8) is 0 Å². The average Bonchev–Trinajstić information content (AvgIpc) is 2.80. The lowest BCUT2D eigenvalue weighted by Gasteiger charge is -2.36. The summed E-state index contributed by atoms with van der Waals surface area (Å²) in [6, 6.07) is 5.45. The molecule has 1 aromatic carbocycles. The molecule has 0 spiro atoms. The van der Waals surface area contributed by atoms with E-state index in [0.717, 1.165) is 63.9 Å². The number of hydrogen-bond donors (Lipinski definition) is 0. The predicted molar refractivity (Wildman–Crippen MR) is 129 cm³/mol. The summed E-state index contributed by atoms with van der Waals surface area (Å²) in [6.45, 7) is 8.72. The van der Waals surface area contributed by atoms with E-state index in [1.807, 2.05) is 11.9 Å². The molecule has 1 aliphatic carbocycles. The van der Waals surface area contributed by atoms with Crippen LogP contribution in [-0.2, 0) is 10.9 Å². The Hall–Kier alpha value is -1.18. The van der Waals surface area contributed by atoms with Gasteiger partial charge in [0.05, 0.1) is 11.7 Å². The third kappa shape index (κ3) is 8.64. The zero-order valence-corrected chi connectivity index (χ0v) is 20.6. The van der Waals surface area contributed by atoms with Gasteiger partial charge in [0.15, 0.2) is 0 Å². The van der Waals surface area contributed by atoms with Crippen LogP contribution < -0.4 is 0 Å². The highest BCUT2D eigenvalue weighted by atomic mass is 32.1. The second-order valence-corrected chi connectivity index (χ2v) is 9.12. The van der Waals surface area contributed by atoms with Gasteiger partial charge in [0.25, 0.3) is 0 Å². The quantitative estimate of drug-likeness (QED) is 0.253. The number of thiocarbonyl (C=S) groups is 1. The smallest absolute Gasteiger partial charge is 0.378 e. The van der Waals surface area contributed by atoms with Crippen LogP contribution in [0.5, 0.6) is 0 Å². The van der Waals surface area contributed by atoms with Crippen molar-refractivity contribution >= 4 is 17.2 Å². The molecule has 7 heteroatoms. The molecule has 0 aliphatic heterocycles. The fraction of sp³-hybridized carbons (Fsp3) is 0.720. The first-order valence-corrected chi connectivity index (χ1v) is 12.4. The van der Waals surface area contributed by atoms with E-state index in [2.05, 4.69) is 18.7 Å². The maximum absolute atomic E-state index is 12.8. The van der Waals surface area contributed by atoms with E-state index < -0.39 is 11.7 Å². The second-order valence-electron chi connectivity index (χ2n) is 8.73. The topological polar surface area (TPSA) is 15.7 Å². The second kappa shape index (κ2) is 13.5. The summed E-state index contributed by atoms with van der Waals surface area (Å²) in [6.07, 6.45) is 4.86. The molecular weight excluding hydrogens is 433 g/mol. The van der Waals surface area contributed by atoms with Crippen molar-refractivity contribution in [3.05, 3.63) is 35.4 Å². The first-order valence-electron chi connectivity index (χ1n) is 12.0. The van der Waals surface area contributed by atoms with Crippen LogP contribution in [0.3, 0.4) is 0 Å². The summed E-state index contributed by atoms with van der Waals surface area (Å²) in [5.41, 5.74) is 0.0168. The number of alkyl halides is 3. The van der Waals surface area contributed by atoms with E-state index in [0.29, 0.717) is 22.7 Å². The maximum atomic E-state index is 12.8. The van der Waals surface area contributed by atoms with Gasteiger partial charge in [-0.15, -0.1) is 0 Å². The molecule has 1 fully saturated rings. The number of halogens is 3. The Kier molecular flexibility index (Phi) is 11.4. The number of rotatable bonds is 12. The van der Waals surface area contributed by atoms with E-state index in [9.17, 15) is 13.2 Å². The molecule has 1 aliphatic rings. The van der Waals surface area contributed by atoms with Gasteiger partial charge in [-0.3, -0.25) is 0 Å². The van der Waals surface area contributed by atoms with Crippen molar-refractivity contribution in [2.45, 2.75) is 83.5 Å². The van der Waals surface area contributed by atoms with Gasteiger partial charge in [-0.25, -0.2) is 0 Å². The third-order valence-electron chi connectivity index (χ3n) is 6.59. The van der Waals surface area contributed by atoms with Gasteiger partial charge in [0, 0.05) is 25.3 Å². The van der Waals surface area contributed by atoms with E-state index in [4.69, 9.17) is 17.0 Å². The lowest BCUT2D eigenvalue weighted by Crippen LogP contribution is -2.40. The summed E-state index contributed by atoms with van der Waals surface area (Å²) in [5, 5.41) is 0. The van der Waals surface area contributed by atoms with E-state index in [1.54, 1.807) is 0 Å². The minimum Gasteiger partial charge on any atom is -0.378 e. The highest BCUT2D eigenvalue weighted by molar-refractivity contribution is 7.80. The summed E-state index contributed by atoms with van der Waals surface area (Å²) < 4.78 is 44.4. The third-order valence-corrected chi connectivity index (χ3v) is 7.11. The molecule has 0 radical (unpaired) electrons. The van der Waals surface area contributed by atoms with Crippen LogP contribution in [0, 0.1) is 0 Å². The number of nitrogens with zero attached hydrogens (tertiary/aromatic N) is 2. The lowest BCUT2D eigenvalue weighted by molar-refractivity contribution is -0.137. The van der Waals surface area contributed by atoms with Gasteiger partial charge in [-0.2, -0.15) is 13.2 Å². The van der Waals surface area contributed by atoms with Gasteiger partial charge in [-0.05, 0) is 70.3 Å². The predicted octanol–water partition coefficient (Wildman–Crippen LogP) is 6.54. The minimum atomic E-state index is -4.32. The Labute approximate surface area is 197 Å². The van der Waals surface area contributed by atoms with Crippen molar-refractivity contribution in [1.82, 2.24) is 9.80 Å². The van der Waals surface area contributed by atoms with Crippen LogP contribution in [0.25, 0.3) is 0 Å². The lowest BCUT2D eigenvalue weighted by atomic mass is 9.91. The maximum Gasteiger partial charge on any atom is 0.416 e. The zero-order chi connectivity index (χ0) is 23.6. The van der Waals surface area contributed by atoms with Crippen molar-refractivity contribution in [1.29, 1.82) is 0 Å². The minimum absolute atomic E-state index is 0.310. The molecule has 3 nitrogen and oxygen atoms in total. The SMILES string of the molecule is CCN(CC)CCCCCCOC1CCC(N(C)C(=S)c2ccc(C(F)(F)F)cc2)CC1. The number of unbranched alkanes of at least 4 members (excludes halogenated alkanes) is 3. The number of benzene rings is 1. The van der Waals surface area contributed by atoms with Crippen LogP contribution >= 0.6 is 12.2 Å². The average molecular weight is 473 g/mol. The van der Waals surface area contributed by atoms with Gasteiger partial charge in [0.1, 0.15) is 4.99 Å². The van der Waals surface area contributed by atoms with Crippen molar-refractivity contribution in [2.75, 3.05) is 33.3 Å². The Balaban J connectivity index is 1.64. The van der Waals surface area contributed by atoms with Crippen LogP contribution in [0.15, 0.2) is 24.3 Å². The first kappa shape index (κ1) is 27.1. The number of hydrogen-bond acceptors (Lipinski definition) is 3. The van der Waals surface area contributed by atoms with Crippen LogP contribution in [0.4, 0.5) is 13.2 Å². The molecule has 0 bridgehead atoms. The molecular formula is C25H39F3N2OS. The van der Waals surface area contributed by atoms with Gasteiger partial charge >= 0.3 is 6.18 Å². The molecule has 1 aromatic rings. The molecule has 0 aromatic heterocycles. The van der Waals surface area contributed by atoms with Crippen LogP contribution in [0.2, 0.25) is 0 Å².